The van der Waals surface area contributed by atoms with Gasteiger partial charge in [-0.15, -0.1) is 0 Å². The molecule has 0 aromatic heterocycles. The monoisotopic (exact) mass is 371 g/mol. The van der Waals surface area contributed by atoms with Crippen LogP contribution >= 0.6 is 7.60 Å². The van der Waals surface area contributed by atoms with Crippen molar-refractivity contribution in [2.45, 2.75) is 19.3 Å². The fourth-order valence-electron chi connectivity index (χ4n) is 3.44. The summed E-state index contributed by atoms with van der Waals surface area (Å²) in [6.45, 7) is 1.75. The van der Waals surface area contributed by atoms with E-state index < -0.39 is 7.60 Å². The molecule has 3 N–H and O–H groups in total. The fraction of sp³-hybridized carbons (Fsp3) is 0.562. The number of methoxy groups -OCH3 is 1. The molecule has 2 heterocycles. The maximum absolute atomic E-state index is 14.4. The second kappa shape index (κ2) is 7.32. The van der Waals surface area contributed by atoms with Gasteiger partial charge in [0.2, 0.25) is 0 Å². The number of anilines is 1. The number of likely N-dealkylation sites (tertiary alicyclic amines) is 1. The number of piperidine rings is 1. The van der Waals surface area contributed by atoms with E-state index in [0.717, 1.165) is 12.8 Å². The highest BCUT2D eigenvalue weighted by Crippen LogP contribution is 2.38. The Bertz CT molecular complexity index is 714. The minimum absolute atomic E-state index is 0.0722. The molecule has 0 radical (unpaired) electrons. The predicted molar refractivity (Wildman–Crippen MR) is 93.8 cm³/mol. The average Bonchev–Trinajstić information content (AvgIpc) is 2.60. The van der Waals surface area contributed by atoms with E-state index in [2.05, 4.69) is 15.2 Å². The SMILES string of the molecule is COc1ccc(F)c2c1NCN=C2N1CCC(CCP(=O)(O)O)CC1. The first-order valence-electron chi connectivity index (χ1n) is 8.34. The quantitative estimate of drug-likeness (QED) is 0.703. The largest absolute Gasteiger partial charge is 0.495 e. The summed E-state index contributed by atoms with van der Waals surface area (Å²) in [5, 5.41) is 3.07. The number of halogens is 1. The Hall–Kier alpha value is -1.63. The van der Waals surface area contributed by atoms with E-state index in [9.17, 15) is 8.96 Å². The first-order chi connectivity index (χ1) is 11.9. The van der Waals surface area contributed by atoms with Crippen molar-refractivity contribution in [2.75, 3.05) is 38.3 Å². The van der Waals surface area contributed by atoms with Crippen molar-refractivity contribution in [3.05, 3.63) is 23.5 Å². The van der Waals surface area contributed by atoms with Crippen LogP contribution in [0.1, 0.15) is 24.8 Å². The summed E-state index contributed by atoms with van der Waals surface area (Å²) in [6, 6.07) is 2.98. The van der Waals surface area contributed by atoms with E-state index in [1.165, 1.54) is 6.07 Å². The Balaban J connectivity index is 1.71. The molecule has 0 amide bonds. The molecule has 0 saturated carbocycles. The van der Waals surface area contributed by atoms with Crippen LogP contribution in [0.15, 0.2) is 17.1 Å². The van der Waals surface area contributed by atoms with Gasteiger partial charge >= 0.3 is 7.60 Å². The molecule has 138 valence electrons. The van der Waals surface area contributed by atoms with Crippen molar-refractivity contribution in [2.24, 2.45) is 10.9 Å². The molecule has 9 heteroatoms. The molecule has 2 aliphatic heterocycles. The summed E-state index contributed by atoms with van der Waals surface area (Å²) in [4.78, 5) is 24.5. The second-order valence-electron chi connectivity index (χ2n) is 6.42. The molecule has 1 aromatic rings. The third-order valence-corrected chi connectivity index (χ3v) is 5.63. The van der Waals surface area contributed by atoms with Crippen LogP contribution in [0.4, 0.5) is 10.1 Å². The molecule has 0 unspecified atom stereocenters. The van der Waals surface area contributed by atoms with E-state index in [-0.39, 0.29) is 17.9 Å². The third kappa shape index (κ3) is 4.14. The standard InChI is InChI=1S/C16H23FN3O4P/c1-24-13-3-2-12(17)14-15(13)18-10-19-16(14)20-7-4-11(5-8-20)6-9-25(21,22)23/h2-3,11,18H,4-10H2,1H3,(H2,21,22,23). The van der Waals surface area contributed by atoms with Crippen molar-refractivity contribution < 1.29 is 23.5 Å². The normalized spacial score (nSPS) is 18.4. The van der Waals surface area contributed by atoms with Crippen molar-refractivity contribution >= 4 is 19.1 Å². The lowest BCUT2D eigenvalue weighted by molar-refractivity contribution is 0.257. The number of rotatable bonds is 4. The van der Waals surface area contributed by atoms with Crippen LogP contribution in [0.25, 0.3) is 0 Å². The molecule has 0 atom stereocenters. The lowest BCUT2D eigenvalue weighted by Crippen LogP contribution is -2.41. The summed E-state index contributed by atoms with van der Waals surface area (Å²) in [5.41, 5.74) is 1.05. The van der Waals surface area contributed by atoms with Crippen LogP contribution < -0.4 is 10.1 Å². The van der Waals surface area contributed by atoms with Gasteiger partial charge in [-0.05, 0) is 37.3 Å². The van der Waals surface area contributed by atoms with E-state index >= 15 is 0 Å². The number of nitrogens with one attached hydrogen (secondary N) is 1. The van der Waals surface area contributed by atoms with Gasteiger partial charge in [0.05, 0.1) is 24.5 Å². The number of aliphatic imine (C=N–C) groups is 1. The molecule has 1 aromatic carbocycles. The Morgan fingerprint density at radius 1 is 1.40 bits per heavy atom. The van der Waals surface area contributed by atoms with Crippen LogP contribution in [0.5, 0.6) is 5.75 Å². The van der Waals surface area contributed by atoms with Gasteiger partial charge in [-0.2, -0.15) is 0 Å². The van der Waals surface area contributed by atoms with Gasteiger partial charge in [0.1, 0.15) is 24.1 Å². The topological polar surface area (TPSA) is 94.4 Å². The first-order valence-corrected chi connectivity index (χ1v) is 10.1. The smallest absolute Gasteiger partial charge is 0.325 e. The molecule has 25 heavy (non-hydrogen) atoms. The Labute approximate surface area is 146 Å². The molecular formula is C16H23FN3O4P. The number of ether oxygens (including phenoxy) is 1. The summed E-state index contributed by atoms with van der Waals surface area (Å²) < 4.78 is 30.8. The zero-order chi connectivity index (χ0) is 18.0. The molecule has 1 fully saturated rings. The van der Waals surface area contributed by atoms with Crippen molar-refractivity contribution in [1.82, 2.24) is 4.90 Å². The zero-order valence-electron chi connectivity index (χ0n) is 14.1. The van der Waals surface area contributed by atoms with Gasteiger partial charge in [0.15, 0.2) is 0 Å². The van der Waals surface area contributed by atoms with E-state index in [1.807, 2.05) is 0 Å². The van der Waals surface area contributed by atoms with Crippen LogP contribution in [0.2, 0.25) is 0 Å². The first kappa shape index (κ1) is 18.2. The molecule has 3 rings (SSSR count). The van der Waals surface area contributed by atoms with Crippen LogP contribution in [0.3, 0.4) is 0 Å². The van der Waals surface area contributed by atoms with Gasteiger partial charge in [-0.3, -0.25) is 4.57 Å². The minimum atomic E-state index is -3.94. The fourth-order valence-corrected chi connectivity index (χ4v) is 4.14. The number of nitrogens with zero attached hydrogens (tertiary/aromatic N) is 2. The second-order valence-corrected chi connectivity index (χ2v) is 8.20. The maximum atomic E-state index is 14.4. The Kier molecular flexibility index (Phi) is 5.32. The van der Waals surface area contributed by atoms with E-state index in [0.29, 0.717) is 49.0 Å². The summed E-state index contributed by atoms with van der Waals surface area (Å²) in [6.07, 6.45) is 2.07. The van der Waals surface area contributed by atoms with Gasteiger partial charge in [0.25, 0.3) is 0 Å². The maximum Gasteiger partial charge on any atom is 0.325 e. The number of benzene rings is 1. The highest BCUT2D eigenvalue weighted by molar-refractivity contribution is 7.51. The molecule has 0 bridgehead atoms. The number of fused-ring (bicyclic) bond motifs is 1. The van der Waals surface area contributed by atoms with Gasteiger partial charge in [-0.1, -0.05) is 0 Å². The van der Waals surface area contributed by atoms with Gasteiger partial charge in [0, 0.05) is 13.1 Å². The molecule has 0 aliphatic carbocycles. The molecule has 2 aliphatic rings. The highest BCUT2D eigenvalue weighted by atomic mass is 31.2. The van der Waals surface area contributed by atoms with Crippen LogP contribution in [0, 0.1) is 11.7 Å². The van der Waals surface area contributed by atoms with E-state index in [4.69, 9.17) is 14.5 Å². The van der Waals surface area contributed by atoms with Crippen LogP contribution in [-0.2, 0) is 4.57 Å². The number of amidine groups is 1. The van der Waals surface area contributed by atoms with Gasteiger partial charge in [-0.25, -0.2) is 9.38 Å². The Morgan fingerprint density at radius 2 is 2.12 bits per heavy atom. The molecule has 7 nitrogen and oxygen atoms in total. The zero-order valence-corrected chi connectivity index (χ0v) is 15.0. The lowest BCUT2D eigenvalue weighted by atomic mass is 9.93. The van der Waals surface area contributed by atoms with Crippen molar-refractivity contribution in [1.29, 1.82) is 0 Å². The third-order valence-electron chi connectivity index (χ3n) is 4.79. The predicted octanol–water partition coefficient (Wildman–Crippen LogP) is 2.24. The van der Waals surface area contributed by atoms with E-state index in [1.54, 1.807) is 13.2 Å². The summed E-state index contributed by atoms with van der Waals surface area (Å²) >= 11 is 0. The molecule has 1 saturated heterocycles. The van der Waals surface area contributed by atoms with Crippen molar-refractivity contribution in [3.63, 3.8) is 0 Å². The lowest BCUT2D eigenvalue weighted by Gasteiger charge is -2.36. The van der Waals surface area contributed by atoms with Gasteiger partial charge < -0.3 is 24.7 Å². The van der Waals surface area contributed by atoms with Crippen LogP contribution in [-0.4, -0.2) is 53.6 Å². The summed E-state index contributed by atoms with van der Waals surface area (Å²) in [5.74, 6) is 1.14. The molecule has 0 spiro atoms. The average molecular weight is 371 g/mol. The number of hydrogen-bond donors (Lipinski definition) is 3. The summed E-state index contributed by atoms with van der Waals surface area (Å²) in [7, 11) is -2.39. The van der Waals surface area contributed by atoms with Crippen molar-refractivity contribution in [3.8, 4) is 5.75 Å². The Morgan fingerprint density at radius 3 is 2.76 bits per heavy atom. The highest BCUT2D eigenvalue weighted by Gasteiger charge is 2.29. The number of hydrogen-bond acceptors (Lipinski definition) is 5. The molecular weight excluding hydrogens is 348 g/mol. The minimum Gasteiger partial charge on any atom is -0.495 e.